The number of hydrogen-bond donors (Lipinski definition) is 0. The van der Waals surface area contributed by atoms with Gasteiger partial charge in [-0.2, -0.15) is 0 Å². The van der Waals surface area contributed by atoms with E-state index in [1.54, 1.807) is 0 Å². The number of pyridine rings is 1. The molecule has 19 heavy (non-hydrogen) atoms. The fourth-order valence-corrected chi connectivity index (χ4v) is 2.63. The van der Waals surface area contributed by atoms with Crippen molar-refractivity contribution in [1.82, 2.24) is 9.88 Å². The van der Waals surface area contributed by atoms with Gasteiger partial charge >= 0.3 is 0 Å². The molecule has 0 amide bonds. The molecule has 1 atom stereocenters. The van der Waals surface area contributed by atoms with Crippen LogP contribution in [-0.2, 0) is 11.3 Å². The Kier molecular flexibility index (Phi) is 5.16. The fourth-order valence-electron chi connectivity index (χ4n) is 2.63. The number of ether oxygens (including phenoxy) is 1. The Morgan fingerprint density at radius 3 is 2.84 bits per heavy atom. The van der Waals surface area contributed by atoms with Gasteiger partial charge in [0.15, 0.2) is 0 Å². The molecule has 4 heteroatoms. The molecule has 0 N–H and O–H groups in total. The van der Waals surface area contributed by atoms with Crippen LogP contribution < -0.4 is 4.90 Å². The zero-order valence-electron chi connectivity index (χ0n) is 12.3. The van der Waals surface area contributed by atoms with Gasteiger partial charge in [0.2, 0.25) is 0 Å². The highest BCUT2D eigenvalue weighted by molar-refractivity contribution is 5.50. The molecule has 1 saturated heterocycles. The summed E-state index contributed by atoms with van der Waals surface area (Å²) in [5.41, 5.74) is 2.51. The van der Waals surface area contributed by atoms with Crippen molar-refractivity contribution in [2.45, 2.75) is 31.9 Å². The van der Waals surface area contributed by atoms with Gasteiger partial charge in [0, 0.05) is 57.4 Å². The summed E-state index contributed by atoms with van der Waals surface area (Å²) in [7, 11) is 6.30. The molecule has 1 aromatic rings. The van der Waals surface area contributed by atoms with Gasteiger partial charge in [0.05, 0.1) is 6.10 Å². The van der Waals surface area contributed by atoms with Crippen LogP contribution >= 0.6 is 0 Å². The van der Waals surface area contributed by atoms with Crippen molar-refractivity contribution in [2.24, 2.45) is 0 Å². The lowest BCUT2D eigenvalue weighted by molar-refractivity contribution is -0.00258. The van der Waals surface area contributed by atoms with E-state index < -0.39 is 0 Å². The lowest BCUT2D eigenvalue weighted by Crippen LogP contribution is -2.33. The summed E-state index contributed by atoms with van der Waals surface area (Å²) in [5.74, 6) is 0. The maximum absolute atomic E-state index is 5.80. The SMILES string of the molecule is CN(Cc1cnccc1N(C)C)C[C@@H]1CCCCO1. The molecule has 1 aromatic heterocycles. The zero-order valence-corrected chi connectivity index (χ0v) is 12.3. The van der Waals surface area contributed by atoms with Crippen LogP contribution in [0.25, 0.3) is 0 Å². The first-order valence-electron chi connectivity index (χ1n) is 7.07. The molecule has 0 unspecified atom stereocenters. The Balaban J connectivity index is 1.92. The van der Waals surface area contributed by atoms with E-state index in [1.807, 2.05) is 12.4 Å². The van der Waals surface area contributed by atoms with Crippen LogP contribution in [0, 0.1) is 0 Å². The van der Waals surface area contributed by atoms with Gasteiger partial charge in [-0.1, -0.05) is 0 Å². The van der Waals surface area contributed by atoms with Crippen molar-refractivity contribution in [3.8, 4) is 0 Å². The zero-order chi connectivity index (χ0) is 13.7. The highest BCUT2D eigenvalue weighted by Gasteiger charge is 2.16. The van der Waals surface area contributed by atoms with Crippen molar-refractivity contribution >= 4 is 5.69 Å². The average molecular weight is 263 g/mol. The Hall–Kier alpha value is -1.13. The molecule has 0 aromatic carbocycles. The summed E-state index contributed by atoms with van der Waals surface area (Å²) in [6.45, 7) is 2.84. The number of anilines is 1. The lowest BCUT2D eigenvalue weighted by atomic mass is 10.1. The van der Waals surface area contributed by atoms with Gasteiger partial charge in [-0.25, -0.2) is 0 Å². The third kappa shape index (κ3) is 4.18. The van der Waals surface area contributed by atoms with Crippen LogP contribution in [0.1, 0.15) is 24.8 Å². The second-order valence-electron chi connectivity index (χ2n) is 5.58. The summed E-state index contributed by atoms with van der Waals surface area (Å²) < 4.78 is 5.80. The number of likely N-dealkylation sites (N-methyl/N-ethyl adjacent to an activating group) is 1. The summed E-state index contributed by atoms with van der Waals surface area (Å²) in [6, 6.07) is 2.07. The molecular weight excluding hydrogens is 238 g/mol. The third-order valence-corrected chi connectivity index (χ3v) is 3.59. The smallest absolute Gasteiger partial charge is 0.0702 e. The molecule has 0 spiro atoms. The normalized spacial score (nSPS) is 19.7. The minimum absolute atomic E-state index is 0.401. The van der Waals surface area contributed by atoms with Crippen LogP contribution in [0.3, 0.4) is 0 Å². The first-order chi connectivity index (χ1) is 9.16. The van der Waals surface area contributed by atoms with E-state index in [-0.39, 0.29) is 0 Å². The molecule has 0 saturated carbocycles. The van der Waals surface area contributed by atoms with Gasteiger partial charge in [-0.3, -0.25) is 9.88 Å². The second kappa shape index (κ2) is 6.87. The van der Waals surface area contributed by atoms with Crippen LogP contribution in [-0.4, -0.2) is 50.3 Å². The molecule has 0 radical (unpaired) electrons. The van der Waals surface area contributed by atoms with Gasteiger partial charge in [-0.15, -0.1) is 0 Å². The number of hydrogen-bond acceptors (Lipinski definition) is 4. The highest BCUT2D eigenvalue weighted by Crippen LogP contribution is 2.19. The van der Waals surface area contributed by atoms with E-state index in [4.69, 9.17) is 4.74 Å². The summed E-state index contributed by atoms with van der Waals surface area (Å²) in [4.78, 5) is 8.72. The summed E-state index contributed by atoms with van der Waals surface area (Å²) >= 11 is 0. The van der Waals surface area contributed by atoms with Crippen LogP contribution in [0.2, 0.25) is 0 Å². The number of rotatable bonds is 5. The average Bonchev–Trinajstić information content (AvgIpc) is 2.40. The van der Waals surface area contributed by atoms with Gasteiger partial charge in [0.25, 0.3) is 0 Å². The molecule has 0 aliphatic carbocycles. The molecule has 2 rings (SSSR count). The van der Waals surface area contributed by atoms with E-state index in [1.165, 1.54) is 30.5 Å². The lowest BCUT2D eigenvalue weighted by Gasteiger charge is -2.28. The van der Waals surface area contributed by atoms with Crippen LogP contribution in [0.15, 0.2) is 18.5 Å². The van der Waals surface area contributed by atoms with Crippen LogP contribution in [0.5, 0.6) is 0 Å². The highest BCUT2D eigenvalue weighted by atomic mass is 16.5. The largest absolute Gasteiger partial charge is 0.377 e. The topological polar surface area (TPSA) is 28.6 Å². The Morgan fingerprint density at radius 1 is 1.32 bits per heavy atom. The fraction of sp³-hybridized carbons (Fsp3) is 0.667. The molecule has 106 valence electrons. The quantitative estimate of drug-likeness (QED) is 0.814. The predicted octanol–water partition coefficient (Wildman–Crippen LogP) is 2.15. The standard InChI is InChI=1S/C15H25N3O/c1-17(2)15-7-8-16-10-13(15)11-18(3)12-14-6-4-5-9-19-14/h7-8,10,14H,4-6,9,11-12H2,1-3H3/t14-/m0/s1. The van der Waals surface area contributed by atoms with Crippen molar-refractivity contribution in [2.75, 3.05) is 39.2 Å². The minimum Gasteiger partial charge on any atom is -0.377 e. The van der Waals surface area contributed by atoms with E-state index in [9.17, 15) is 0 Å². The van der Waals surface area contributed by atoms with Gasteiger partial charge in [-0.05, 0) is 32.4 Å². The minimum atomic E-state index is 0.401. The first kappa shape index (κ1) is 14.3. The van der Waals surface area contributed by atoms with E-state index in [0.717, 1.165) is 19.7 Å². The number of aromatic nitrogens is 1. The van der Waals surface area contributed by atoms with Crippen LogP contribution in [0.4, 0.5) is 5.69 Å². The van der Waals surface area contributed by atoms with E-state index >= 15 is 0 Å². The Bertz CT molecular complexity index is 389. The third-order valence-electron chi connectivity index (χ3n) is 3.59. The second-order valence-corrected chi connectivity index (χ2v) is 5.58. The Labute approximate surface area is 116 Å². The Morgan fingerprint density at radius 2 is 2.16 bits per heavy atom. The number of nitrogens with zero attached hydrogens (tertiary/aromatic N) is 3. The van der Waals surface area contributed by atoms with Crippen molar-refractivity contribution in [3.05, 3.63) is 24.0 Å². The van der Waals surface area contributed by atoms with Crippen molar-refractivity contribution in [3.63, 3.8) is 0 Å². The molecule has 0 bridgehead atoms. The molecule has 1 aliphatic heterocycles. The molecule has 2 heterocycles. The molecule has 4 nitrogen and oxygen atoms in total. The predicted molar refractivity (Wildman–Crippen MR) is 78.5 cm³/mol. The monoisotopic (exact) mass is 263 g/mol. The summed E-state index contributed by atoms with van der Waals surface area (Å²) in [6.07, 6.45) is 7.93. The van der Waals surface area contributed by atoms with Crippen molar-refractivity contribution < 1.29 is 4.74 Å². The van der Waals surface area contributed by atoms with Crippen molar-refractivity contribution in [1.29, 1.82) is 0 Å². The van der Waals surface area contributed by atoms with E-state index in [0.29, 0.717) is 6.10 Å². The maximum atomic E-state index is 5.80. The molecule has 1 fully saturated rings. The van der Waals surface area contributed by atoms with Gasteiger partial charge < -0.3 is 9.64 Å². The molecular formula is C15H25N3O. The maximum Gasteiger partial charge on any atom is 0.0702 e. The first-order valence-corrected chi connectivity index (χ1v) is 7.07. The molecule has 1 aliphatic rings. The van der Waals surface area contributed by atoms with E-state index in [2.05, 4.69) is 42.0 Å². The summed E-state index contributed by atoms with van der Waals surface area (Å²) in [5, 5.41) is 0. The van der Waals surface area contributed by atoms with Gasteiger partial charge in [0.1, 0.15) is 0 Å².